The van der Waals surface area contributed by atoms with Crippen LogP contribution in [0.2, 0.25) is 5.02 Å². The molecule has 2 aromatic rings. The molecule has 1 aromatic carbocycles. The van der Waals surface area contributed by atoms with Gasteiger partial charge in [0.15, 0.2) is 0 Å². The van der Waals surface area contributed by atoms with Crippen LogP contribution in [0.3, 0.4) is 0 Å². The quantitative estimate of drug-likeness (QED) is 0.583. The van der Waals surface area contributed by atoms with Gasteiger partial charge in [0.2, 0.25) is 11.8 Å². The van der Waals surface area contributed by atoms with E-state index in [4.69, 9.17) is 21.1 Å². The zero-order chi connectivity index (χ0) is 14.5. The third-order valence-corrected chi connectivity index (χ3v) is 4.24. The monoisotopic (exact) mass is 406 g/mol. The lowest BCUT2D eigenvalue weighted by atomic mass is 10.2. The van der Waals surface area contributed by atoms with Crippen molar-refractivity contribution in [3.8, 4) is 11.5 Å². The van der Waals surface area contributed by atoms with Gasteiger partial charge in [-0.1, -0.05) is 11.6 Å². The first-order chi connectivity index (χ1) is 9.56. The Kier molecular flexibility index (Phi) is 5.36. The Labute approximate surface area is 134 Å². The van der Waals surface area contributed by atoms with Gasteiger partial charge in [0, 0.05) is 22.0 Å². The summed E-state index contributed by atoms with van der Waals surface area (Å²) in [5, 5.41) is 17.1. The number of hydrogen-bond donors (Lipinski definition) is 1. The number of aliphatic carboxylic acids is 1. The highest BCUT2D eigenvalue weighted by Gasteiger charge is 2.10. The molecule has 0 aliphatic rings. The smallest absolute Gasteiger partial charge is 0.303 e. The Morgan fingerprint density at radius 3 is 2.85 bits per heavy atom. The van der Waals surface area contributed by atoms with Gasteiger partial charge in [-0.25, -0.2) is 0 Å². The summed E-state index contributed by atoms with van der Waals surface area (Å²) in [4.78, 5) is 10.4. The molecule has 0 fully saturated rings. The minimum atomic E-state index is -0.787. The molecule has 1 heterocycles. The van der Waals surface area contributed by atoms with E-state index in [0.29, 0.717) is 36.1 Å². The normalized spacial score (nSPS) is 10.7. The van der Waals surface area contributed by atoms with Crippen molar-refractivity contribution in [3.05, 3.63) is 32.7 Å². The Bertz CT molecular complexity index is 615. The first kappa shape index (κ1) is 15.2. The fraction of sp³-hybridized carbons (Fsp3) is 0.308. The highest BCUT2D eigenvalue weighted by Crippen LogP contribution is 2.26. The van der Waals surface area contributed by atoms with Crippen LogP contribution in [0.5, 0.6) is 0 Å². The maximum absolute atomic E-state index is 10.4. The maximum atomic E-state index is 10.4. The van der Waals surface area contributed by atoms with Gasteiger partial charge in [0.05, 0.1) is 5.02 Å². The zero-order valence-corrected chi connectivity index (χ0v) is 13.4. The van der Waals surface area contributed by atoms with Gasteiger partial charge in [-0.05, 0) is 53.6 Å². The first-order valence-corrected chi connectivity index (χ1v) is 7.51. The Hall–Kier alpha value is -1.15. The van der Waals surface area contributed by atoms with E-state index in [9.17, 15) is 4.79 Å². The van der Waals surface area contributed by atoms with Crippen LogP contribution >= 0.6 is 34.2 Å². The molecule has 7 heteroatoms. The number of aromatic nitrogens is 2. The lowest BCUT2D eigenvalue weighted by Crippen LogP contribution is -1.95. The second-order valence-electron chi connectivity index (χ2n) is 4.23. The highest BCUT2D eigenvalue weighted by molar-refractivity contribution is 14.1. The molecule has 2 rings (SSSR count). The van der Waals surface area contributed by atoms with Crippen molar-refractivity contribution in [1.82, 2.24) is 10.2 Å². The van der Waals surface area contributed by atoms with Gasteiger partial charge in [-0.2, -0.15) is 0 Å². The minimum absolute atomic E-state index is 0.160. The molecule has 5 nitrogen and oxygen atoms in total. The Morgan fingerprint density at radius 2 is 2.15 bits per heavy atom. The van der Waals surface area contributed by atoms with Crippen molar-refractivity contribution < 1.29 is 14.3 Å². The Balaban J connectivity index is 1.97. The average molecular weight is 407 g/mol. The second kappa shape index (κ2) is 7.03. The number of rotatable bonds is 6. The van der Waals surface area contributed by atoms with E-state index < -0.39 is 5.97 Å². The molecule has 106 valence electrons. The van der Waals surface area contributed by atoms with Crippen LogP contribution in [-0.2, 0) is 11.2 Å². The van der Waals surface area contributed by atoms with E-state index in [1.165, 1.54) is 0 Å². The summed E-state index contributed by atoms with van der Waals surface area (Å²) in [6, 6.07) is 5.54. The van der Waals surface area contributed by atoms with Crippen LogP contribution in [0.1, 0.15) is 25.2 Å². The van der Waals surface area contributed by atoms with Crippen LogP contribution in [0, 0.1) is 3.57 Å². The summed E-state index contributed by atoms with van der Waals surface area (Å²) >= 11 is 8.20. The molecular weight excluding hydrogens is 395 g/mol. The van der Waals surface area contributed by atoms with Gasteiger partial charge < -0.3 is 9.52 Å². The number of carbonyl (C=O) groups is 1. The summed E-state index contributed by atoms with van der Waals surface area (Å²) in [6.07, 6.45) is 2.05. The summed E-state index contributed by atoms with van der Waals surface area (Å²) < 4.78 is 6.50. The highest BCUT2D eigenvalue weighted by atomic mass is 127. The molecule has 0 aliphatic heterocycles. The number of halogens is 2. The summed E-state index contributed by atoms with van der Waals surface area (Å²) in [5.41, 5.74) is 0.778. The van der Waals surface area contributed by atoms with Crippen molar-refractivity contribution in [1.29, 1.82) is 0 Å². The number of unbranched alkanes of at least 4 members (excludes halogenated alkanes) is 1. The van der Waals surface area contributed by atoms with E-state index in [1.54, 1.807) is 6.07 Å². The fourth-order valence-corrected chi connectivity index (χ4v) is 2.17. The number of hydrogen-bond acceptors (Lipinski definition) is 4. The zero-order valence-electron chi connectivity index (χ0n) is 10.5. The maximum Gasteiger partial charge on any atom is 0.303 e. The second-order valence-corrected chi connectivity index (χ2v) is 5.80. The number of carboxylic acids is 1. The Morgan fingerprint density at radius 1 is 1.35 bits per heavy atom. The van der Waals surface area contributed by atoms with Gasteiger partial charge in [-0.3, -0.25) is 4.79 Å². The summed E-state index contributed by atoms with van der Waals surface area (Å²) in [7, 11) is 0. The largest absolute Gasteiger partial charge is 0.481 e. The SMILES string of the molecule is O=C(O)CCCCc1nnc(-c2ccc(I)c(Cl)c2)o1. The third kappa shape index (κ3) is 4.17. The van der Waals surface area contributed by atoms with Crippen molar-refractivity contribution in [3.63, 3.8) is 0 Å². The van der Waals surface area contributed by atoms with Crippen LogP contribution < -0.4 is 0 Å². The predicted molar refractivity (Wildman–Crippen MR) is 82.7 cm³/mol. The summed E-state index contributed by atoms with van der Waals surface area (Å²) in [6.45, 7) is 0. The van der Waals surface area contributed by atoms with Crippen LogP contribution in [0.4, 0.5) is 0 Å². The molecule has 1 aromatic heterocycles. The molecule has 0 spiro atoms. The molecule has 20 heavy (non-hydrogen) atoms. The van der Waals surface area contributed by atoms with Crippen molar-refractivity contribution in [2.24, 2.45) is 0 Å². The number of carboxylic acid groups (broad SMARTS) is 1. The molecule has 0 saturated carbocycles. The van der Waals surface area contributed by atoms with E-state index >= 15 is 0 Å². The van der Waals surface area contributed by atoms with E-state index in [2.05, 4.69) is 32.8 Å². The molecule has 0 radical (unpaired) electrons. The van der Waals surface area contributed by atoms with Gasteiger partial charge in [0.25, 0.3) is 0 Å². The van der Waals surface area contributed by atoms with Crippen LogP contribution in [0.15, 0.2) is 22.6 Å². The lowest BCUT2D eigenvalue weighted by Gasteiger charge is -1.98. The minimum Gasteiger partial charge on any atom is -0.481 e. The van der Waals surface area contributed by atoms with Gasteiger partial charge in [-0.15, -0.1) is 10.2 Å². The number of benzene rings is 1. The standard InChI is InChI=1S/C13H12ClIN2O3/c14-9-7-8(5-6-10(9)15)13-17-16-11(20-13)3-1-2-4-12(18)19/h5-7H,1-4H2,(H,18,19). The third-order valence-electron chi connectivity index (χ3n) is 2.66. The first-order valence-electron chi connectivity index (χ1n) is 6.06. The van der Waals surface area contributed by atoms with Gasteiger partial charge in [0.1, 0.15) is 0 Å². The van der Waals surface area contributed by atoms with E-state index in [0.717, 1.165) is 9.13 Å². The van der Waals surface area contributed by atoms with Crippen LogP contribution in [-0.4, -0.2) is 21.3 Å². The summed E-state index contributed by atoms with van der Waals surface area (Å²) in [5.74, 6) is 0.154. The molecule has 0 saturated heterocycles. The molecular formula is C13H12ClIN2O3. The van der Waals surface area contributed by atoms with E-state index in [-0.39, 0.29) is 6.42 Å². The molecule has 0 atom stereocenters. The average Bonchev–Trinajstić information content (AvgIpc) is 2.86. The van der Waals surface area contributed by atoms with Crippen LogP contribution in [0.25, 0.3) is 11.5 Å². The molecule has 0 aliphatic carbocycles. The topological polar surface area (TPSA) is 76.2 Å². The molecule has 0 unspecified atom stereocenters. The van der Waals surface area contributed by atoms with Crippen molar-refractivity contribution in [2.75, 3.05) is 0 Å². The van der Waals surface area contributed by atoms with Gasteiger partial charge >= 0.3 is 5.97 Å². The fourth-order valence-electron chi connectivity index (χ4n) is 1.65. The number of aryl methyl sites for hydroxylation is 1. The van der Waals surface area contributed by atoms with Crippen molar-refractivity contribution >= 4 is 40.2 Å². The molecule has 0 bridgehead atoms. The number of nitrogens with zero attached hydrogens (tertiary/aromatic N) is 2. The molecule has 1 N–H and O–H groups in total. The molecule has 0 amide bonds. The predicted octanol–water partition coefficient (Wildman–Crippen LogP) is 3.79. The van der Waals surface area contributed by atoms with Crippen molar-refractivity contribution in [2.45, 2.75) is 25.7 Å². The lowest BCUT2D eigenvalue weighted by molar-refractivity contribution is -0.137. The van der Waals surface area contributed by atoms with E-state index in [1.807, 2.05) is 12.1 Å².